The highest BCUT2D eigenvalue weighted by atomic mass is 15.1. The van der Waals surface area contributed by atoms with Gasteiger partial charge in [-0.25, -0.2) is 0 Å². The van der Waals surface area contributed by atoms with E-state index < -0.39 is 0 Å². The lowest BCUT2D eigenvalue weighted by Gasteiger charge is -2.29. The zero-order valence-corrected chi connectivity index (χ0v) is 11.1. The van der Waals surface area contributed by atoms with Crippen LogP contribution in [0.4, 0.5) is 0 Å². The minimum Gasteiger partial charge on any atom is -0.310 e. The normalized spacial score (nSPS) is 18.5. The quantitative estimate of drug-likeness (QED) is 0.857. The summed E-state index contributed by atoms with van der Waals surface area (Å²) in [6.07, 6.45) is 3.69. The summed E-state index contributed by atoms with van der Waals surface area (Å²) >= 11 is 0. The molecule has 2 rings (SSSR count). The molecule has 0 spiro atoms. The van der Waals surface area contributed by atoms with Gasteiger partial charge in [-0.3, -0.25) is 0 Å². The Morgan fingerprint density at radius 2 is 1.71 bits per heavy atom. The van der Waals surface area contributed by atoms with E-state index in [1.807, 2.05) is 0 Å². The summed E-state index contributed by atoms with van der Waals surface area (Å²) in [7, 11) is 2.21. The average Bonchev–Trinajstić information content (AvgIpc) is 2.39. The molecule has 0 amide bonds. The van der Waals surface area contributed by atoms with Crippen LogP contribution in [0.1, 0.15) is 30.9 Å². The fourth-order valence-corrected chi connectivity index (χ4v) is 2.37. The molecule has 1 heterocycles. The number of nitrogens with zero attached hydrogens (tertiary/aromatic N) is 1. The van der Waals surface area contributed by atoms with Crippen LogP contribution in [0.3, 0.4) is 0 Å². The predicted molar refractivity (Wildman–Crippen MR) is 73.2 cm³/mol. The van der Waals surface area contributed by atoms with Crippen LogP contribution < -0.4 is 5.32 Å². The van der Waals surface area contributed by atoms with Crippen molar-refractivity contribution in [3.05, 3.63) is 35.4 Å². The maximum Gasteiger partial charge on any atom is 0.0208 e. The van der Waals surface area contributed by atoms with Gasteiger partial charge >= 0.3 is 0 Å². The Morgan fingerprint density at radius 1 is 1.12 bits per heavy atom. The van der Waals surface area contributed by atoms with E-state index in [4.69, 9.17) is 0 Å². The summed E-state index contributed by atoms with van der Waals surface area (Å²) in [5.41, 5.74) is 2.83. The highest BCUT2D eigenvalue weighted by Gasteiger charge is 2.15. The smallest absolute Gasteiger partial charge is 0.0208 e. The van der Waals surface area contributed by atoms with Crippen molar-refractivity contribution in [2.24, 2.45) is 0 Å². The highest BCUT2D eigenvalue weighted by Crippen LogP contribution is 2.10. The summed E-state index contributed by atoms with van der Waals surface area (Å²) in [5.74, 6) is 0. The number of hydrogen-bond donors (Lipinski definition) is 1. The van der Waals surface area contributed by atoms with E-state index in [2.05, 4.69) is 48.5 Å². The Kier molecular flexibility index (Phi) is 4.57. The molecule has 17 heavy (non-hydrogen) atoms. The SMILES string of the molecule is CCc1ccc(CNC2CCN(C)CC2)cc1. The van der Waals surface area contributed by atoms with Crippen LogP contribution in [0.2, 0.25) is 0 Å². The van der Waals surface area contributed by atoms with Crippen LogP contribution in [0.15, 0.2) is 24.3 Å². The zero-order valence-electron chi connectivity index (χ0n) is 11.1. The Bertz CT molecular complexity index is 323. The van der Waals surface area contributed by atoms with Crippen molar-refractivity contribution in [3.8, 4) is 0 Å². The minimum atomic E-state index is 0.706. The van der Waals surface area contributed by atoms with Crippen molar-refractivity contribution >= 4 is 0 Å². The molecule has 1 aromatic carbocycles. The first-order chi connectivity index (χ1) is 8.28. The van der Waals surface area contributed by atoms with E-state index in [-0.39, 0.29) is 0 Å². The van der Waals surface area contributed by atoms with Gasteiger partial charge in [0.15, 0.2) is 0 Å². The van der Waals surface area contributed by atoms with Crippen molar-refractivity contribution in [2.45, 2.75) is 38.8 Å². The molecule has 0 aliphatic carbocycles. The van der Waals surface area contributed by atoms with Gasteiger partial charge in [-0.15, -0.1) is 0 Å². The van der Waals surface area contributed by atoms with Gasteiger partial charge < -0.3 is 10.2 Å². The van der Waals surface area contributed by atoms with E-state index in [1.165, 1.54) is 37.1 Å². The minimum absolute atomic E-state index is 0.706. The third-order valence-electron chi connectivity index (χ3n) is 3.74. The first kappa shape index (κ1) is 12.6. The van der Waals surface area contributed by atoms with Crippen molar-refractivity contribution in [1.29, 1.82) is 0 Å². The summed E-state index contributed by atoms with van der Waals surface area (Å²) in [5, 5.41) is 3.67. The number of nitrogens with one attached hydrogen (secondary N) is 1. The monoisotopic (exact) mass is 232 g/mol. The van der Waals surface area contributed by atoms with E-state index in [9.17, 15) is 0 Å². The number of benzene rings is 1. The molecular weight excluding hydrogens is 208 g/mol. The zero-order chi connectivity index (χ0) is 12.1. The summed E-state index contributed by atoms with van der Waals surface area (Å²) in [4.78, 5) is 2.41. The molecule has 1 saturated heterocycles. The molecule has 0 aromatic heterocycles. The van der Waals surface area contributed by atoms with Crippen LogP contribution in [-0.2, 0) is 13.0 Å². The highest BCUT2D eigenvalue weighted by molar-refractivity contribution is 5.22. The molecule has 1 N–H and O–H groups in total. The Hall–Kier alpha value is -0.860. The van der Waals surface area contributed by atoms with Crippen molar-refractivity contribution in [2.75, 3.05) is 20.1 Å². The first-order valence-electron chi connectivity index (χ1n) is 6.77. The molecule has 0 unspecified atom stereocenters. The maximum atomic E-state index is 3.67. The topological polar surface area (TPSA) is 15.3 Å². The van der Waals surface area contributed by atoms with E-state index in [0.717, 1.165) is 13.0 Å². The number of rotatable bonds is 4. The Morgan fingerprint density at radius 3 is 2.29 bits per heavy atom. The molecule has 0 radical (unpaired) electrons. The lowest BCUT2D eigenvalue weighted by atomic mass is 10.0. The average molecular weight is 232 g/mol. The van der Waals surface area contributed by atoms with E-state index >= 15 is 0 Å². The first-order valence-corrected chi connectivity index (χ1v) is 6.77. The molecule has 94 valence electrons. The van der Waals surface area contributed by atoms with Crippen LogP contribution in [-0.4, -0.2) is 31.1 Å². The number of aryl methyl sites for hydroxylation is 1. The molecule has 0 saturated carbocycles. The van der Waals surface area contributed by atoms with Crippen LogP contribution in [0, 0.1) is 0 Å². The van der Waals surface area contributed by atoms with Crippen LogP contribution in [0.25, 0.3) is 0 Å². The fraction of sp³-hybridized carbons (Fsp3) is 0.600. The second-order valence-electron chi connectivity index (χ2n) is 5.13. The Labute approximate surface area is 105 Å². The van der Waals surface area contributed by atoms with E-state index in [1.54, 1.807) is 0 Å². The number of hydrogen-bond acceptors (Lipinski definition) is 2. The van der Waals surface area contributed by atoms with Crippen LogP contribution >= 0.6 is 0 Å². The molecule has 1 fully saturated rings. The van der Waals surface area contributed by atoms with Crippen molar-refractivity contribution in [3.63, 3.8) is 0 Å². The fourth-order valence-electron chi connectivity index (χ4n) is 2.37. The molecule has 1 aliphatic rings. The van der Waals surface area contributed by atoms with Gasteiger partial charge in [0, 0.05) is 12.6 Å². The molecule has 2 heteroatoms. The van der Waals surface area contributed by atoms with Gasteiger partial charge in [0.05, 0.1) is 0 Å². The maximum absolute atomic E-state index is 3.67. The van der Waals surface area contributed by atoms with Gasteiger partial charge in [0.25, 0.3) is 0 Å². The largest absolute Gasteiger partial charge is 0.310 e. The third-order valence-corrected chi connectivity index (χ3v) is 3.74. The van der Waals surface area contributed by atoms with Gasteiger partial charge in [-0.1, -0.05) is 31.2 Å². The molecule has 0 atom stereocenters. The van der Waals surface area contributed by atoms with E-state index in [0.29, 0.717) is 6.04 Å². The Balaban J connectivity index is 1.77. The van der Waals surface area contributed by atoms with Gasteiger partial charge in [0.1, 0.15) is 0 Å². The van der Waals surface area contributed by atoms with Crippen LogP contribution in [0.5, 0.6) is 0 Å². The molecule has 2 nitrogen and oxygen atoms in total. The van der Waals surface area contributed by atoms with Gasteiger partial charge in [-0.05, 0) is 50.5 Å². The summed E-state index contributed by atoms with van der Waals surface area (Å²) in [6, 6.07) is 9.69. The number of piperidine rings is 1. The lowest BCUT2D eigenvalue weighted by molar-refractivity contribution is 0.234. The summed E-state index contributed by atoms with van der Waals surface area (Å²) in [6.45, 7) is 5.67. The molecule has 0 bridgehead atoms. The summed E-state index contributed by atoms with van der Waals surface area (Å²) < 4.78 is 0. The predicted octanol–water partition coefficient (Wildman–Crippen LogP) is 2.43. The molecule has 1 aliphatic heterocycles. The second-order valence-corrected chi connectivity index (χ2v) is 5.13. The van der Waals surface area contributed by atoms with Gasteiger partial charge in [0.2, 0.25) is 0 Å². The second kappa shape index (κ2) is 6.18. The molecule has 1 aromatic rings. The van der Waals surface area contributed by atoms with Gasteiger partial charge in [-0.2, -0.15) is 0 Å². The standard InChI is InChI=1S/C15H24N2/c1-3-13-4-6-14(7-5-13)12-16-15-8-10-17(2)11-9-15/h4-7,15-16H,3,8-12H2,1-2H3. The number of likely N-dealkylation sites (tertiary alicyclic amines) is 1. The van der Waals surface area contributed by atoms with Crippen molar-refractivity contribution < 1.29 is 0 Å². The third kappa shape index (κ3) is 3.83. The van der Waals surface area contributed by atoms with Crippen molar-refractivity contribution in [1.82, 2.24) is 10.2 Å². The molecular formula is C15H24N2. The lowest BCUT2D eigenvalue weighted by Crippen LogP contribution is -2.40.